The van der Waals surface area contributed by atoms with Crippen LogP contribution in [0.25, 0.3) is 21.2 Å². The molecule has 23 heavy (non-hydrogen) atoms. The second-order valence-electron chi connectivity index (χ2n) is 5.41. The quantitative estimate of drug-likeness (QED) is 0.297. The van der Waals surface area contributed by atoms with Crippen molar-refractivity contribution in [2.24, 2.45) is 0 Å². The predicted molar refractivity (Wildman–Crippen MR) is 105 cm³/mol. The van der Waals surface area contributed by atoms with Crippen LogP contribution in [0.2, 0.25) is 5.02 Å². The Labute approximate surface area is 154 Å². The smallest absolute Gasteiger partial charge is 0.120 e. The molecule has 0 unspecified atom stereocenters. The molecule has 120 valence electrons. The van der Waals surface area contributed by atoms with Crippen molar-refractivity contribution in [1.29, 1.82) is 0 Å². The molecule has 1 aromatic heterocycles. The zero-order valence-corrected chi connectivity index (χ0v) is 15.9. The lowest BCUT2D eigenvalue weighted by Gasteiger charge is -2.06. The van der Waals surface area contributed by atoms with Crippen LogP contribution in [0.1, 0.15) is 19.3 Å². The first kappa shape index (κ1) is 16.8. The second kappa shape index (κ2) is 8.18. The lowest BCUT2D eigenvalue weighted by atomic mass is 10.0. The zero-order valence-electron chi connectivity index (χ0n) is 12.7. The molecule has 0 bridgehead atoms. The number of alkyl halides is 1. The van der Waals surface area contributed by atoms with Gasteiger partial charge >= 0.3 is 0 Å². The van der Waals surface area contributed by atoms with E-state index in [0.29, 0.717) is 0 Å². The molecule has 0 radical (unpaired) electrons. The summed E-state index contributed by atoms with van der Waals surface area (Å²) in [6.45, 7) is 0.786. The molecule has 0 spiro atoms. The number of benzene rings is 2. The molecule has 0 saturated heterocycles. The van der Waals surface area contributed by atoms with Gasteiger partial charge in [0.15, 0.2) is 0 Å². The molecular weight excluding hydrogens is 392 g/mol. The van der Waals surface area contributed by atoms with E-state index in [0.717, 1.165) is 29.1 Å². The maximum absolute atomic E-state index is 5.98. The van der Waals surface area contributed by atoms with Gasteiger partial charge in [-0.2, -0.15) is 0 Å². The van der Waals surface area contributed by atoms with E-state index in [1.54, 1.807) is 11.3 Å². The van der Waals surface area contributed by atoms with Gasteiger partial charge in [0.25, 0.3) is 0 Å². The largest absolute Gasteiger partial charge is 0.494 e. The molecule has 0 saturated carbocycles. The SMILES string of the molecule is Clc1ccc(-c2csc3cc(OCCCCCBr)ccc23)cc1. The third kappa shape index (κ3) is 4.28. The minimum Gasteiger partial charge on any atom is -0.494 e. The van der Waals surface area contributed by atoms with Crippen molar-refractivity contribution >= 4 is 49.0 Å². The third-order valence-corrected chi connectivity index (χ3v) is 5.51. The molecule has 4 heteroatoms. The Hall–Kier alpha value is -1.03. The van der Waals surface area contributed by atoms with Gasteiger partial charge in [0.1, 0.15) is 5.75 Å². The van der Waals surface area contributed by atoms with Crippen molar-refractivity contribution in [1.82, 2.24) is 0 Å². The molecule has 0 fully saturated rings. The standard InChI is InChI=1S/C19H18BrClOS/c20-10-2-1-3-11-22-16-8-9-17-18(13-23-19(17)12-16)14-4-6-15(21)7-5-14/h4-9,12-13H,1-3,10-11H2. The average molecular weight is 410 g/mol. The molecule has 0 atom stereocenters. The fourth-order valence-electron chi connectivity index (χ4n) is 2.51. The molecular formula is C19H18BrClOS. The number of hydrogen-bond donors (Lipinski definition) is 0. The van der Waals surface area contributed by atoms with Crippen molar-refractivity contribution in [3.05, 3.63) is 52.9 Å². The van der Waals surface area contributed by atoms with Crippen molar-refractivity contribution in [2.45, 2.75) is 19.3 Å². The Morgan fingerprint density at radius 3 is 2.61 bits per heavy atom. The second-order valence-corrected chi connectivity index (χ2v) is 7.55. The Kier molecular flexibility index (Phi) is 5.98. The van der Waals surface area contributed by atoms with Crippen LogP contribution in [0.15, 0.2) is 47.8 Å². The van der Waals surface area contributed by atoms with Gasteiger partial charge in [0.05, 0.1) is 6.61 Å². The molecule has 0 N–H and O–H groups in total. The van der Waals surface area contributed by atoms with Crippen molar-refractivity contribution in [2.75, 3.05) is 11.9 Å². The summed E-state index contributed by atoms with van der Waals surface area (Å²) in [5.74, 6) is 0.959. The number of hydrogen-bond acceptors (Lipinski definition) is 2. The van der Waals surface area contributed by atoms with Gasteiger partial charge in [0.2, 0.25) is 0 Å². The highest BCUT2D eigenvalue weighted by Gasteiger charge is 2.07. The zero-order chi connectivity index (χ0) is 16.1. The van der Waals surface area contributed by atoms with E-state index in [-0.39, 0.29) is 0 Å². The van der Waals surface area contributed by atoms with Gasteiger partial charge in [-0.15, -0.1) is 11.3 Å². The highest BCUT2D eigenvalue weighted by Crippen LogP contribution is 2.36. The van der Waals surface area contributed by atoms with Crippen LogP contribution < -0.4 is 4.74 Å². The lowest BCUT2D eigenvalue weighted by Crippen LogP contribution is -1.97. The highest BCUT2D eigenvalue weighted by atomic mass is 79.9. The summed E-state index contributed by atoms with van der Waals surface area (Å²) >= 11 is 11.2. The van der Waals surface area contributed by atoms with Crippen LogP contribution in [0.4, 0.5) is 0 Å². The third-order valence-electron chi connectivity index (χ3n) is 3.75. The molecule has 2 aromatic carbocycles. The Morgan fingerprint density at radius 2 is 1.83 bits per heavy atom. The van der Waals surface area contributed by atoms with Crippen LogP contribution in [-0.4, -0.2) is 11.9 Å². The number of rotatable bonds is 7. The summed E-state index contributed by atoms with van der Waals surface area (Å²) in [6.07, 6.45) is 3.51. The Bertz CT molecular complexity index is 767. The number of thiophene rings is 1. The van der Waals surface area contributed by atoms with Gasteiger partial charge < -0.3 is 4.74 Å². The average Bonchev–Trinajstić information content (AvgIpc) is 2.98. The summed E-state index contributed by atoms with van der Waals surface area (Å²) in [5, 5.41) is 5.31. The number of unbranched alkanes of at least 4 members (excludes halogenated alkanes) is 2. The number of fused-ring (bicyclic) bond motifs is 1. The maximum atomic E-state index is 5.98. The normalized spacial score (nSPS) is 11.0. The summed E-state index contributed by atoms with van der Waals surface area (Å²) < 4.78 is 7.12. The van der Waals surface area contributed by atoms with Crippen LogP contribution in [0.5, 0.6) is 5.75 Å². The molecule has 1 nitrogen and oxygen atoms in total. The fourth-order valence-corrected chi connectivity index (χ4v) is 4.03. The first-order chi connectivity index (χ1) is 11.3. The predicted octanol–water partition coefficient (Wildman–Crippen LogP) is 7.17. The van der Waals surface area contributed by atoms with E-state index in [1.807, 2.05) is 12.1 Å². The van der Waals surface area contributed by atoms with E-state index in [4.69, 9.17) is 16.3 Å². The van der Waals surface area contributed by atoms with E-state index in [9.17, 15) is 0 Å². The number of ether oxygens (including phenoxy) is 1. The maximum Gasteiger partial charge on any atom is 0.120 e. The Morgan fingerprint density at radius 1 is 1.00 bits per heavy atom. The first-order valence-electron chi connectivity index (χ1n) is 7.74. The van der Waals surface area contributed by atoms with Crippen LogP contribution >= 0.6 is 38.9 Å². The Balaban J connectivity index is 1.73. The molecule has 1 heterocycles. The molecule has 0 aliphatic heterocycles. The van der Waals surface area contributed by atoms with E-state index < -0.39 is 0 Å². The number of halogens is 2. The molecule has 0 aliphatic rings. The van der Waals surface area contributed by atoms with Gasteiger partial charge in [-0.25, -0.2) is 0 Å². The van der Waals surface area contributed by atoms with Crippen molar-refractivity contribution in [3.63, 3.8) is 0 Å². The summed E-state index contributed by atoms with van der Waals surface area (Å²) in [5.41, 5.74) is 2.45. The minimum absolute atomic E-state index is 0.767. The van der Waals surface area contributed by atoms with Crippen LogP contribution in [0.3, 0.4) is 0 Å². The van der Waals surface area contributed by atoms with Gasteiger partial charge in [-0.05, 0) is 60.5 Å². The molecule has 0 aliphatic carbocycles. The summed E-state index contributed by atoms with van der Waals surface area (Å²) in [4.78, 5) is 0. The van der Waals surface area contributed by atoms with Crippen molar-refractivity contribution < 1.29 is 4.74 Å². The van der Waals surface area contributed by atoms with Crippen molar-refractivity contribution in [3.8, 4) is 16.9 Å². The minimum atomic E-state index is 0.767. The van der Waals surface area contributed by atoms with E-state index in [2.05, 4.69) is 51.6 Å². The highest BCUT2D eigenvalue weighted by molar-refractivity contribution is 9.09. The molecule has 3 aromatic rings. The monoisotopic (exact) mass is 408 g/mol. The lowest BCUT2D eigenvalue weighted by molar-refractivity contribution is 0.307. The fraction of sp³-hybridized carbons (Fsp3) is 0.263. The topological polar surface area (TPSA) is 9.23 Å². The van der Waals surface area contributed by atoms with Gasteiger partial charge in [-0.3, -0.25) is 0 Å². The molecule has 0 amide bonds. The van der Waals surface area contributed by atoms with E-state index >= 15 is 0 Å². The summed E-state index contributed by atoms with van der Waals surface area (Å²) in [6, 6.07) is 14.4. The van der Waals surface area contributed by atoms with Crippen LogP contribution in [0, 0.1) is 0 Å². The van der Waals surface area contributed by atoms with Gasteiger partial charge in [-0.1, -0.05) is 39.7 Å². The molecule has 3 rings (SSSR count). The van der Waals surface area contributed by atoms with Gasteiger partial charge in [0, 0.05) is 26.0 Å². The van der Waals surface area contributed by atoms with Crippen LogP contribution in [-0.2, 0) is 0 Å². The summed E-state index contributed by atoms with van der Waals surface area (Å²) in [7, 11) is 0. The first-order valence-corrected chi connectivity index (χ1v) is 10.1. The van der Waals surface area contributed by atoms with E-state index in [1.165, 1.54) is 34.1 Å².